The van der Waals surface area contributed by atoms with Gasteiger partial charge >= 0.3 is 6.18 Å². The fraction of sp³-hybridized carbons (Fsp3) is 0.103. The van der Waals surface area contributed by atoms with E-state index in [2.05, 4.69) is 20.5 Å². The van der Waals surface area contributed by atoms with Crippen LogP contribution in [0.3, 0.4) is 0 Å². The van der Waals surface area contributed by atoms with Crippen molar-refractivity contribution in [3.05, 3.63) is 114 Å². The van der Waals surface area contributed by atoms with E-state index in [1.54, 1.807) is 29.1 Å². The van der Waals surface area contributed by atoms with Crippen molar-refractivity contribution in [3.63, 3.8) is 0 Å². The van der Waals surface area contributed by atoms with Crippen LogP contribution in [-0.2, 0) is 12.7 Å². The molecule has 194 valence electrons. The van der Waals surface area contributed by atoms with E-state index in [0.717, 1.165) is 28.0 Å². The van der Waals surface area contributed by atoms with E-state index in [4.69, 9.17) is 0 Å². The monoisotopic (exact) mass is 526 g/mol. The highest BCUT2D eigenvalue weighted by molar-refractivity contribution is 6.03. The van der Waals surface area contributed by atoms with Crippen LogP contribution in [0.1, 0.15) is 27.3 Å². The van der Waals surface area contributed by atoms with Crippen LogP contribution < -0.4 is 5.32 Å². The maximum absolute atomic E-state index is 14.0. The molecule has 7 nitrogen and oxygen atoms in total. The summed E-state index contributed by atoms with van der Waals surface area (Å²) in [4.78, 5) is 17.3. The fourth-order valence-corrected chi connectivity index (χ4v) is 4.48. The highest BCUT2D eigenvalue weighted by Gasteiger charge is 2.35. The molecule has 3 aromatic carbocycles. The van der Waals surface area contributed by atoms with Gasteiger partial charge in [0.05, 0.1) is 12.2 Å². The van der Waals surface area contributed by atoms with Crippen molar-refractivity contribution in [2.45, 2.75) is 19.6 Å². The maximum atomic E-state index is 14.0. The smallest absolute Gasteiger partial charge is 0.304 e. The number of anilines is 1. The summed E-state index contributed by atoms with van der Waals surface area (Å²) in [6.07, 6.45) is -3.01. The summed E-state index contributed by atoms with van der Waals surface area (Å²) < 4.78 is 44.4. The van der Waals surface area contributed by atoms with Gasteiger partial charge < -0.3 is 5.32 Å². The molecule has 0 aliphatic heterocycles. The predicted molar refractivity (Wildman–Crippen MR) is 141 cm³/mol. The lowest BCUT2D eigenvalue weighted by Gasteiger charge is -2.11. The molecule has 6 aromatic rings. The van der Waals surface area contributed by atoms with Gasteiger partial charge in [-0.1, -0.05) is 66.2 Å². The minimum atomic E-state index is -4.72. The number of amides is 1. The number of hydrogen-bond donors (Lipinski definition) is 1. The molecule has 6 rings (SSSR count). The van der Waals surface area contributed by atoms with Gasteiger partial charge in [-0.25, -0.2) is 9.50 Å². The first kappa shape index (κ1) is 24.4. The molecule has 0 atom stereocenters. The summed E-state index contributed by atoms with van der Waals surface area (Å²) in [7, 11) is 0. The summed E-state index contributed by atoms with van der Waals surface area (Å²) in [5, 5.41) is 12.7. The van der Waals surface area contributed by atoms with Gasteiger partial charge in [-0.05, 0) is 35.4 Å². The Morgan fingerprint density at radius 1 is 0.897 bits per heavy atom. The molecular formula is C29H21F3N6O. The number of carbonyl (C=O) groups is 1. The number of halogens is 3. The maximum Gasteiger partial charge on any atom is 0.433 e. The molecule has 0 saturated heterocycles. The summed E-state index contributed by atoms with van der Waals surface area (Å²) in [6, 6.07) is 24.6. The van der Waals surface area contributed by atoms with E-state index in [1.807, 2.05) is 61.5 Å². The second-order valence-electron chi connectivity index (χ2n) is 9.23. The fourth-order valence-electron chi connectivity index (χ4n) is 4.48. The number of alkyl halides is 3. The second kappa shape index (κ2) is 9.39. The highest BCUT2D eigenvalue weighted by atomic mass is 19.4. The van der Waals surface area contributed by atoms with Crippen molar-refractivity contribution in [2.75, 3.05) is 5.32 Å². The Hall–Kier alpha value is -4.99. The molecule has 3 aromatic heterocycles. The quantitative estimate of drug-likeness (QED) is 0.283. The van der Waals surface area contributed by atoms with E-state index >= 15 is 0 Å². The number of fused-ring (bicyclic) bond motifs is 2. The standard InChI is InChI=1S/C29H21F3N6O/c1-18-5-4-6-19(13-18)17-37-12-11-26(36-37)34-28(39)24-16-27-33-23(15-25(29(30,31)32)38(27)35-24)22-10-9-20-7-2-3-8-21(20)14-22/h2-16H,17H2,1H3,(H,34,36,39). The van der Waals surface area contributed by atoms with Crippen LogP contribution in [0.25, 0.3) is 27.7 Å². The molecule has 0 aliphatic carbocycles. The number of aromatic nitrogens is 5. The van der Waals surface area contributed by atoms with Crippen molar-refractivity contribution in [3.8, 4) is 11.3 Å². The summed E-state index contributed by atoms with van der Waals surface area (Å²) in [5.41, 5.74) is 1.48. The molecule has 1 N–H and O–H groups in total. The van der Waals surface area contributed by atoms with Crippen LogP contribution in [0.15, 0.2) is 91.1 Å². The minimum Gasteiger partial charge on any atom is -0.304 e. The molecule has 0 spiro atoms. The van der Waals surface area contributed by atoms with E-state index in [1.165, 1.54) is 6.07 Å². The molecule has 0 unspecified atom stereocenters. The molecular weight excluding hydrogens is 505 g/mol. The van der Waals surface area contributed by atoms with Crippen LogP contribution in [0.5, 0.6) is 0 Å². The van der Waals surface area contributed by atoms with Gasteiger partial charge in [-0.15, -0.1) is 0 Å². The summed E-state index contributed by atoms with van der Waals surface area (Å²) in [5.74, 6) is -0.438. The van der Waals surface area contributed by atoms with Crippen molar-refractivity contribution in [1.82, 2.24) is 24.4 Å². The molecule has 0 bridgehead atoms. The van der Waals surface area contributed by atoms with Gasteiger partial charge in [0.25, 0.3) is 5.91 Å². The lowest BCUT2D eigenvalue weighted by atomic mass is 10.0. The Bertz CT molecular complexity index is 1850. The topological polar surface area (TPSA) is 77.1 Å². The van der Waals surface area contributed by atoms with Gasteiger partial charge in [0.15, 0.2) is 22.9 Å². The first-order chi connectivity index (χ1) is 18.7. The van der Waals surface area contributed by atoms with E-state index in [9.17, 15) is 18.0 Å². The van der Waals surface area contributed by atoms with E-state index in [-0.39, 0.29) is 22.9 Å². The zero-order chi connectivity index (χ0) is 27.1. The van der Waals surface area contributed by atoms with E-state index < -0.39 is 17.8 Å². The molecule has 0 fully saturated rings. The van der Waals surface area contributed by atoms with Crippen LogP contribution in [0.2, 0.25) is 0 Å². The highest BCUT2D eigenvalue weighted by Crippen LogP contribution is 2.33. The second-order valence-corrected chi connectivity index (χ2v) is 9.23. The largest absolute Gasteiger partial charge is 0.433 e. The third kappa shape index (κ3) is 4.96. The number of hydrogen-bond acceptors (Lipinski definition) is 4. The number of rotatable bonds is 5. The molecule has 0 saturated carbocycles. The molecule has 39 heavy (non-hydrogen) atoms. The number of benzene rings is 3. The summed E-state index contributed by atoms with van der Waals surface area (Å²) >= 11 is 0. The Balaban J connectivity index is 1.30. The molecule has 10 heteroatoms. The number of carbonyl (C=O) groups excluding carboxylic acids is 1. The van der Waals surface area contributed by atoms with Gasteiger partial charge in [0.2, 0.25) is 0 Å². The molecule has 1 amide bonds. The average molecular weight is 527 g/mol. The Kier molecular flexibility index (Phi) is 5.86. The molecule has 0 aliphatic rings. The molecule has 0 radical (unpaired) electrons. The zero-order valence-corrected chi connectivity index (χ0v) is 20.6. The average Bonchev–Trinajstić information content (AvgIpc) is 3.54. The van der Waals surface area contributed by atoms with Crippen molar-refractivity contribution in [2.24, 2.45) is 0 Å². The Morgan fingerprint density at radius 3 is 2.51 bits per heavy atom. The number of nitrogens with one attached hydrogen (secondary N) is 1. The first-order valence-electron chi connectivity index (χ1n) is 12.1. The van der Waals surface area contributed by atoms with Crippen LogP contribution in [-0.4, -0.2) is 30.3 Å². The van der Waals surface area contributed by atoms with Crippen LogP contribution >= 0.6 is 0 Å². The number of nitrogens with zero attached hydrogens (tertiary/aromatic N) is 5. The lowest BCUT2D eigenvalue weighted by Crippen LogP contribution is -2.16. The van der Waals surface area contributed by atoms with E-state index in [0.29, 0.717) is 16.6 Å². The third-order valence-corrected chi connectivity index (χ3v) is 6.30. The third-order valence-electron chi connectivity index (χ3n) is 6.30. The summed E-state index contributed by atoms with van der Waals surface area (Å²) in [6.45, 7) is 2.50. The van der Waals surface area contributed by atoms with Gasteiger partial charge in [-0.2, -0.15) is 23.4 Å². The minimum absolute atomic E-state index is 0.0943. The van der Waals surface area contributed by atoms with Crippen molar-refractivity contribution < 1.29 is 18.0 Å². The van der Waals surface area contributed by atoms with Crippen LogP contribution in [0.4, 0.5) is 19.0 Å². The Labute approximate surface area is 220 Å². The zero-order valence-electron chi connectivity index (χ0n) is 20.6. The van der Waals surface area contributed by atoms with Gasteiger partial charge in [0.1, 0.15) is 0 Å². The van der Waals surface area contributed by atoms with Gasteiger partial charge in [0, 0.05) is 23.9 Å². The molecule has 3 heterocycles. The first-order valence-corrected chi connectivity index (χ1v) is 12.1. The van der Waals surface area contributed by atoms with Crippen LogP contribution in [0, 0.1) is 6.92 Å². The normalized spacial score (nSPS) is 11.8. The predicted octanol–water partition coefficient (Wildman–Crippen LogP) is 6.37. The SMILES string of the molecule is Cc1cccc(Cn2ccc(NC(=O)c3cc4nc(-c5ccc6ccccc6c5)cc(C(F)(F)F)n4n3)n2)c1. The number of aryl methyl sites for hydroxylation is 1. The lowest BCUT2D eigenvalue weighted by molar-refractivity contribution is -0.142. The van der Waals surface area contributed by atoms with Gasteiger partial charge in [-0.3, -0.25) is 9.48 Å². The Morgan fingerprint density at radius 2 is 1.72 bits per heavy atom. The van der Waals surface area contributed by atoms with Crippen molar-refractivity contribution >= 4 is 28.1 Å². The van der Waals surface area contributed by atoms with Crippen molar-refractivity contribution in [1.29, 1.82) is 0 Å².